The van der Waals surface area contributed by atoms with Gasteiger partial charge in [0.05, 0.1) is 34.7 Å². The lowest BCUT2D eigenvalue weighted by Crippen LogP contribution is -2.38. The molecular formula is C18H23Cl2N5O2S. The van der Waals surface area contributed by atoms with Gasteiger partial charge in [0.15, 0.2) is 5.16 Å². The molecule has 0 atom stereocenters. The molecule has 0 aliphatic carbocycles. The lowest BCUT2D eigenvalue weighted by atomic mass is 10.2. The Labute approximate surface area is 178 Å². The summed E-state index contributed by atoms with van der Waals surface area (Å²) in [5.74, 6) is 1.27. The Kier molecular flexibility index (Phi) is 7.45. The minimum atomic E-state index is -0.179. The summed E-state index contributed by atoms with van der Waals surface area (Å²) in [6.45, 7) is 8.00. The van der Waals surface area contributed by atoms with Crippen LogP contribution in [0, 0.1) is 5.92 Å². The number of hydrogen-bond acceptors (Lipinski definition) is 6. The molecule has 0 bridgehead atoms. The first-order chi connectivity index (χ1) is 13.5. The molecular weight excluding hydrogens is 421 g/mol. The molecule has 1 fully saturated rings. The second kappa shape index (κ2) is 9.82. The minimum absolute atomic E-state index is 0.179. The number of benzene rings is 1. The highest BCUT2D eigenvalue weighted by Crippen LogP contribution is 2.30. The Morgan fingerprint density at radius 1 is 1.29 bits per heavy atom. The van der Waals surface area contributed by atoms with Gasteiger partial charge in [-0.25, -0.2) is 0 Å². The van der Waals surface area contributed by atoms with Gasteiger partial charge >= 0.3 is 0 Å². The lowest BCUT2D eigenvalue weighted by molar-refractivity contribution is -0.113. The number of halogens is 2. The van der Waals surface area contributed by atoms with Crippen LogP contribution >= 0.6 is 35.0 Å². The first kappa shape index (κ1) is 21.2. The molecule has 2 heterocycles. The number of thioether (sulfide) groups is 1. The monoisotopic (exact) mass is 443 g/mol. The third kappa shape index (κ3) is 5.31. The van der Waals surface area contributed by atoms with Gasteiger partial charge in [0.2, 0.25) is 11.9 Å². The zero-order valence-corrected chi connectivity index (χ0v) is 18.1. The summed E-state index contributed by atoms with van der Waals surface area (Å²) in [5, 5.41) is 12.9. The SMILES string of the molecule is CC(C)Cn1c(SCC(=O)Nc2cccc(Cl)c2Cl)nnc1N1CCOCC1. The maximum absolute atomic E-state index is 12.4. The summed E-state index contributed by atoms with van der Waals surface area (Å²) in [6.07, 6.45) is 0. The van der Waals surface area contributed by atoms with Crippen molar-refractivity contribution in [2.75, 3.05) is 42.3 Å². The van der Waals surface area contributed by atoms with Crippen LogP contribution in [0.5, 0.6) is 0 Å². The molecule has 10 heteroatoms. The first-order valence-corrected chi connectivity index (χ1v) is 10.8. The third-order valence-electron chi connectivity index (χ3n) is 4.10. The zero-order chi connectivity index (χ0) is 20.1. The van der Waals surface area contributed by atoms with Gasteiger partial charge in [-0.2, -0.15) is 0 Å². The van der Waals surface area contributed by atoms with E-state index in [1.165, 1.54) is 11.8 Å². The van der Waals surface area contributed by atoms with E-state index in [1.807, 2.05) is 0 Å². The molecule has 7 nitrogen and oxygen atoms in total. The Balaban J connectivity index is 1.68. The number of carbonyl (C=O) groups is 1. The molecule has 0 saturated carbocycles. The molecule has 1 aliphatic rings. The van der Waals surface area contributed by atoms with Crippen molar-refractivity contribution in [3.05, 3.63) is 28.2 Å². The average Bonchev–Trinajstić information content (AvgIpc) is 3.06. The van der Waals surface area contributed by atoms with E-state index in [1.54, 1.807) is 18.2 Å². The molecule has 1 saturated heterocycles. The van der Waals surface area contributed by atoms with Crippen LogP contribution in [0.3, 0.4) is 0 Å². The Morgan fingerprint density at radius 3 is 2.75 bits per heavy atom. The van der Waals surface area contributed by atoms with Crippen LogP contribution in [-0.4, -0.2) is 52.7 Å². The van der Waals surface area contributed by atoms with Gasteiger partial charge in [-0.3, -0.25) is 9.36 Å². The quantitative estimate of drug-likeness (QED) is 0.655. The molecule has 1 aliphatic heterocycles. The average molecular weight is 444 g/mol. The van der Waals surface area contributed by atoms with Crippen molar-refractivity contribution in [1.29, 1.82) is 0 Å². The van der Waals surface area contributed by atoms with Gasteiger partial charge in [-0.05, 0) is 18.1 Å². The Bertz CT molecular complexity index is 824. The molecule has 1 amide bonds. The van der Waals surface area contributed by atoms with E-state index in [0.29, 0.717) is 34.9 Å². The van der Waals surface area contributed by atoms with Crippen molar-refractivity contribution in [2.45, 2.75) is 25.5 Å². The fourth-order valence-corrected chi connectivity index (χ4v) is 3.92. The van der Waals surface area contributed by atoms with Gasteiger partial charge in [-0.1, -0.05) is 54.9 Å². The van der Waals surface area contributed by atoms with E-state index >= 15 is 0 Å². The number of carbonyl (C=O) groups excluding carboxylic acids is 1. The van der Waals surface area contributed by atoms with Crippen molar-refractivity contribution in [3.8, 4) is 0 Å². The molecule has 152 valence electrons. The van der Waals surface area contributed by atoms with Crippen LogP contribution < -0.4 is 10.2 Å². The summed E-state index contributed by atoms with van der Waals surface area (Å²) in [7, 11) is 0. The van der Waals surface area contributed by atoms with Gasteiger partial charge < -0.3 is 15.0 Å². The van der Waals surface area contributed by atoms with E-state index in [4.69, 9.17) is 27.9 Å². The molecule has 1 aromatic heterocycles. The van der Waals surface area contributed by atoms with Crippen molar-refractivity contribution in [2.24, 2.45) is 5.92 Å². The normalized spacial score (nSPS) is 14.5. The maximum atomic E-state index is 12.4. The standard InChI is InChI=1S/C18H23Cl2N5O2S/c1-12(2)10-25-17(24-6-8-27-9-7-24)22-23-18(25)28-11-15(26)21-14-5-3-4-13(19)16(14)20/h3-5,12H,6-11H2,1-2H3,(H,21,26). The predicted molar refractivity (Wildman–Crippen MR) is 114 cm³/mol. The van der Waals surface area contributed by atoms with Crippen LogP contribution in [-0.2, 0) is 16.1 Å². The molecule has 28 heavy (non-hydrogen) atoms. The summed E-state index contributed by atoms with van der Waals surface area (Å²) < 4.78 is 7.51. The highest BCUT2D eigenvalue weighted by molar-refractivity contribution is 7.99. The number of anilines is 2. The van der Waals surface area contributed by atoms with Crippen molar-refractivity contribution in [1.82, 2.24) is 14.8 Å². The number of aromatic nitrogens is 3. The largest absolute Gasteiger partial charge is 0.378 e. The molecule has 1 aromatic carbocycles. The molecule has 3 rings (SSSR count). The highest BCUT2D eigenvalue weighted by atomic mass is 35.5. The maximum Gasteiger partial charge on any atom is 0.234 e. The molecule has 0 unspecified atom stereocenters. The van der Waals surface area contributed by atoms with Gasteiger partial charge in [-0.15, -0.1) is 10.2 Å². The summed E-state index contributed by atoms with van der Waals surface area (Å²) in [5.41, 5.74) is 0.498. The predicted octanol–water partition coefficient (Wildman–Crippen LogP) is 3.81. The number of amides is 1. The van der Waals surface area contributed by atoms with Crippen molar-refractivity contribution in [3.63, 3.8) is 0 Å². The number of ether oxygens (including phenoxy) is 1. The van der Waals surface area contributed by atoms with E-state index < -0.39 is 0 Å². The van der Waals surface area contributed by atoms with Crippen LogP contribution in [0.15, 0.2) is 23.4 Å². The number of morpholine rings is 1. The van der Waals surface area contributed by atoms with Crippen molar-refractivity contribution < 1.29 is 9.53 Å². The number of rotatable bonds is 7. The molecule has 0 radical (unpaired) electrons. The second-order valence-electron chi connectivity index (χ2n) is 6.82. The smallest absolute Gasteiger partial charge is 0.234 e. The first-order valence-electron chi connectivity index (χ1n) is 9.08. The summed E-state index contributed by atoms with van der Waals surface area (Å²) in [6, 6.07) is 5.13. The number of nitrogens with one attached hydrogen (secondary N) is 1. The van der Waals surface area contributed by atoms with Gasteiger partial charge in [0.25, 0.3) is 0 Å². The van der Waals surface area contributed by atoms with E-state index in [2.05, 4.69) is 38.8 Å². The van der Waals surface area contributed by atoms with Gasteiger partial charge in [0.1, 0.15) is 0 Å². The molecule has 2 aromatic rings. The van der Waals surface area contributed by atoms with Crippen LogP contribution in [0.25, 0.3) is 0 Å². The Morgan fingerprint density at radius 2 is 2.04 bits per heavy atom. The van der Waals surface area contributed by atoms with Crippen LogP contribution in [0.1, 0.15) is 13.8 Å². The topological polar surface area (TPSA) is 72.3 Å². The summed E-state index contributed by atoms with van der Waals surface area (Å²) >= 11 is 13.5. The summed E-state index contributed by atoms with van der Waals surface area (Å²) in [4.78, 5) is 14.5. The molecule has 0 spiro atoms. The highest BCUT2D eigenvalue weighted by Gasteiger charge is 2.21. The minimum Gasteiger partial charge on any atom is -0.378 e. The fraction of sp³-hybridized carbons (Fsp3) is 0.500. The van der Waals surface area contributed by atoms with Crippen molar-refractivity contribution >= 4 is 52.5 Å². The second-order valence-corrected chi connectivity index (χ2v) is 8.55. The van der Waals surface area contributed by atoms with E-state index in [-0.39, 0.29) is 11.7 Å². The van der Waals surface area contributed by atoms with E-state index in [9.17, 15) is 4.79 Å². The van der Waals surface area contributed by atoms with Crippen LogP contribution in [0.2, 0.25) is 10.0 Å². The Hall–Kier alpha value is -1.48. The van der Waals surface area contributed by atoms with Crippen LogP contribution in [0.4, 0.5) is 11.6 Å². The number of nitrogens with zero attached hydrogens (tertiary/aromatic N) is 4. The fourth-order valence-electron chi connectivity index (χ4n) is 2.83. The zero-order valence-electron chi connectivity index (χ0n) is 15.8. The molecule has 1 N–H and O–H groups in total. The van der Waals surface area contributed by atoms with E-state index in [0.717, 1.165) is 30.7 Å². The third-order valence-corrected chi connectivity index (χ3v) is 5.88. The van der Waals surface area contributed by atoms with Gasteiger partial charge in [0, 0.05) is 19.6 Å². The number of hydrogen-bond donors (Lipinski definition) is 1. The lowest BCUT2D eigenvalue weighted by Gasteiger charge is -2.28.